The van der Waals surface area contributed by atoms with Gasteiger partial charge in [-0.15, -0.1) is 0 Å². The van der Waals surface area contributed by atoms with Gasteiger partial charge in [0.2, 0.25) is 22.8 Å². The summed E-state index contributed by atoms with van der Waals surface area (Å²) in [5, 5.41) is 0. The molecule has 0 fully saturated rings. The number of aromatic nitrogens is 4. The van der Waals surface area contributed by atoms with Crippen LogP contribution in [0.4, 0.5) is 0 Å². The fraction of sp³-hybridized carbons (Fsp3) is 0.156. The summed E-state index contributed by atoms with van der Waals surface area (Å²) in [6.45, 7) is -9.83. The normalized spacial score (nSPS) is 14.9. The molecule has 558 valence electrons. The van der Waals surface area contributed by atoms with Crippen LogP contribution in [0.3, 0.4) is 0 Å². The summed E-state index contributed by atoms with van der Waals surface area (Å²) in [4.78, 5) is 0. The van der Waals surface area contributed by atoms with Crippen LogP contribution in [0.15, 0.2) is 334 Å². The van der Waals surface area contributed by atoms with Gasteiger partial charge in [-0.05, 0) is 247 Å². The highest BCUT2D eigenvalue weighted by Gasteiger charge is 2.24. The molecule has 4 heteroatoms. The summed E-state index contributed by atoms with van der Waals surface area (Å²) < 4.78 is 202. The molecule has 4 aromatic heterocycles. The lowest BCUT2D eigenvalue weighted by Gasteiger charge is -2.14. The van der Waals surface area contributed by atoms with Gasteiger partial charge in [-0.3, -0.25) is 0 Å². The van der Waals surface area contributed by atoms with Crippen molar-refractivity contribution in [1.82, 2.24) is 0 Å². The van der Waals surface area contributed by atoms with Crippen molar-refractivity contribution < 1.29 is 51.2 Å². The largest absolute Gasteiger partial charge is 0.213 e. The average molecular weight is 1500 g/mol. The third-order valence-corrected chi connectivity index (χ3v) is 20.7. The molecule has 16 aromatic rings. The average Bonchev–Trinajstić information content (AvgIpc) is 0.742. The molecule has 0 unspecified atom stereocenters. The van der Waals surface area contributed by atoms with Gasteiger partial charge < -0.3 is 0 Å². The smallest absolute Gasteiger partial charge is 0.201 e. The number of hydrogen-bond donors (Lipinski definition) is 0. The van der Waals surface area contributed by atoms with Gasteiger partial charge in [0.1, 0.15) is 28.2 Å². The van der Waals surface area contributed by atoms with Crippen molar-refractivity contribution in [2.45, 2.75) is 89.4 Å². The maximum absolute atomic E-state index is 8.22. The summed E-state index contributed by atoms with van der Waals surface area (Å²) >= 11 is 0. The Hall–Kier alpha value is -12.8. The highest BCUT2D eigenvalue weighted by molar-refractivity contribution is 5.83. The summed E-state index contributed by atoms with van der Waals surface area (Å²) in [6.07, 6.45) is 6.41. The molecule has 0 atom stereocenters. The first-order chi connectivity index (χ1) is 64.3. The van der Waals surface area contributed by atoms with Gasteiger partial charge in [-0.25, -0.2) is 18.3 Å². The lowest BCUT2D eigenvalue weighted by atomic mass is 9.91. The molecule has 12 aromatic carbocycles. The summed E-state index contributed by atoms with van der Waals surface area (Å²) in [5.41, 5.74) is 24.1. The van der Waals surface area contributed by atoms with Crippen LogP contribution in [-0.4, -0.2) is 0 Å². The zero-order chi connectivity index (χ0) is 99.6. The number of aryl methyl sites for hydroxylation is 17. The van der Waals surface area contributed by atoms with Crippen LogP contribution in [0.1, 0.15) is 105 Å². The summed E-state index contributed by atoms with van der Waals surface area (Å²) in [7, 11) is 7.28. The molecule has 0 saturated heterocycles. The molecular weight excluding hydrogens is 1370 g/mol. The molecular formula is C109H106N4+4. The second-order valence-corrected chi connectivity index (χ2v) is 28.7. The molecule has 113 heavy (non-hydrogen) atoms. The van der Waals surface area contributed by atoms with E-state index in [2.05, 4.69) is 67.6 Å². The van der Waals surface area contributed by atoms with Crippen molar-refractivity contribution >= 4 is 0 Å². The van der Waals surface area contributed by atoms with Crippen LogP contribution in [0.25, 0.3) is 134 Å². The summed E-state index contributed by atoms with van der Waals surface area (Å²) in [6, 6.07) is 97.9. The van der Waals surface area contributed by atoms with E-state index < -0.39 is 54.8 Å². The van der Waals surface area contributed by atoms with Crippen molar-refractivity contribution in [2.24, 2.45) is 28.2 Å². The van der Waals surface area contributed by atoms with Crippen LogP contribution >= 0.6 is 0 Å². The number of hydrogen-bond acceptors (Lipinski definition) is 0. The van der Waals surface area contributed by atoms with E-state index in [1.807, 2.05) is 246 Å². The minimum atomic E-state index is -2.66. The number of rotatable bonds is 12. The first kappa shape index (κ1) is 53.2. The van der Waals surface area contributed by atoms with Gasteiger partial charge in [-0.2, -0.15) is 0 Å². The molecule has 0 saturated carbocycles. The zero-order valence-corrected chi connectivity index (χ0v) is 65.0. The third-order valence-electron chi connectivity index (χ3n) is 20.7. The Kier molecular flexibility index (Phi) is 16.5. The topological polar surface area (TPSA) is 15.5 Å². The van der Waals surface area contributed by atoms with Crippen LogP contribution in [-0.2, 0) is 28.2 Å². The number of nitrogens with zero attached hydrogens (tertiary/aromatic N) is 4. The van der Waals surface area contributed by atoms with Gasteiger partial charge >= 0.3 is 0 Å². The SMILES string of the molecule is [2H]C([2H])([2H])c1c[n+](C)c(-c2cc(-c3ccccc3)ccc2C)cc1-c1c(C([2H])([2H])[2H])cccc1C([2H])([2H])[2H].[2H]C([2H])([2H])c1c[n+](C)c(-c2cc(-c3ccccc3)ccc2C)cc1-c1ccccc1.[2H]C([2H])([2H])c1cc(C)ccc1-c1cc(-c2cc(-c3ccccc3)ccc2C)[n+](C)cc1C([2H])([2H])[2H].[2H]C([2H])([2H])c1ccccc1-c1cc(-c2cc(-c3ccccc3)ccc2C)[n+](C)cc1C([2H])([2H])[2H]. The van der Waals surface area contributed by atoms with Gasteiger partial charge in [0.15, 0.2) is 24.8 Å². The Morgan fingerprint density at radius 2 is 0.460 bits per heavy atom. The van der Waals surface area contributed by atoms with Gasteiger partial charge in [0.05, 0.1) is 0 Å². The lowest BCUT2D eigenvalue weighted by Crippen LogP contribution is -2.31. The highest BCUT2D eigenvalue weighted by atomic mass is 14.9. The number of benzene rings is 12. The fourth-order valence-electron chi connectivity index (χ4n) is 14.5. The second-order valence-electron chi connectivity index (χ2n) is 28.7. The number of pyridine rings is 4. The minimum absolute atomic E-state index is 0.0699. The van der Waals surface area contributed by atoms with Crippen LogP contribution < -0.4 is 18.3 Å². The molecule has 0 N–H and O–H groups in total. The Morgan fingerprint density at radius 1 is 0.177 bits per heavy atom. The van der Waals surface area contributed by atoms with Gasteiger partial charge in [-0.1, -0.05) is 266 Å². The molecule has 0 aliphatic heterocycles. The van der Waals surface area contributed by atoms with Crippen LogP contribution in [0, 0.1) is 89.4 Å². The quantitative estimate of drug-likeness (QED) is 0.108. The van der Waals surface area contributed by atoms with Gasteiger partial charge in [0, 0.05) is 102 Å². The van der Waals surface area contributed by atoms with Crippen molar-refractivity contribution in [1.29, 1.82) is 0 Å². The Labute approximate surface area is 706 Å². The predicted octanol–water partition coefficient (Wildman–Crippen LogP) is 26.1. The minimum Gasteiger partial charge on any atom is -0.201 e. The molecule has 0 bridgehead atoms. The van der Waals surface area contributed by atoms with E-state index in [0.717, 1.165) is 123 Å². The van der Waals surface area contributed by atoms with Gasteiger partial charge in [0.25, 0.3) is 0 Å². The molecule has 0 aliphatic rings. The molecule has 0 radical (unpaired) electrons. The second kappa shape index (κ2) is 35.1. The summed E-state index contributed by atoms with van der Waals surface area (Å²) in [5.74, 6) is 0. The Bertz CT molecular complexity index is 7040. The van der Waals surface area contributed by atoms with E-state index in [9.17, 15) is 0 Å². The van der Waals surface area contributed by atoms with Crippen molar-refractivity contribution in [3.8, 4) is 134 Å². The van der Waals surface area contributed by atoms with E-state index in [0.29, 0.717) is 33.5 Å². The maximum Gasteiger partial charge on any atom is 0.213 e. The monoisotopic (exact) mass is 1490 g/mol. The maximum atomic E-state index is 8.22. The van der Waals surface area contributed by atoms with E-state index in [1.165, 1.54) is 24.4 Å². The van der Waals surface area contributed by atoms with E-state index in [1.54, 1.807) is 77.2 Å². The molecule has 4 heterocycles. The van der Waals surface area contributed by atoms with E-state index >= 15 is 0 Å². The predicted molar refractivity (Wildman–Crippen MR) is 477 cm³/mol. The Balaban J connectivity index is 0.000000155. The molecule has 0 amide bonds. The van der Waals surface area contributed by atoms with Crippen LogP contribution in [0.5, 0.6) is 0 Å². The Morgan fingerprint density at radius 3 is 0.814 bits per heavy atom. The van der Waals surface area contributed by atoms with Crippen molar-refractivity contribution in [3.63, 3.8) is 0 Å². The first-order valence-electron chi connectivity index (χ1n) is 49.5. The van der Waals surface area contributed by atoms with Crippen LogP contribution in [0.2, 0.25) is 0 Å². The van der Waals surface area contributed by atoms with Crippen molar-refractivity contribution in [2.75, 3.05) is 0 Å². The third kappa shape index (κ3) is 17.9. The molecule has 0 aliphatic carbocycles. The molecule has 4 nitrogen and oxygen atoms in total. The van der Waals surface area contributed by atoms with Crippen molar-refractivity contribution in [3.05, 3.63) is 406 Å². The molecule has 0 spiro atoms. The standard InChI is InChI=1S/2C28H28N.C27H26N.C26H24N/c1-19-14-15-24(23-12-7-6-8-13-23)16-25(19)27-17-26(22(4)18-29(27)5)28-20(2)10-9-11-21(28)3;1-19-11-14-25(21(3)15-19)26-17-28(29(5)18-22(26)4)27-16-24(13-12-20(27)2)23-9-7-6-8-10-23;1-19-10-8-9-13-24(19)25-17-27(28(4)18-21(25)3)26-16-23(15-14-20(26)2)22-11-6-5-7-12-22;1-19-14-15-23(21-10-6-4-7-11-21)16-25(19)26-17-24(20(2)18-27(26)3)22-12-8-5-9-13-22/h2*6-18H,1-5H3;5-18H,1-4H3;4-18H,1-3H3/q4*+1/i2D3,3D3,4D3;3D3,4D3;1D3,3D3;2D3. The lowest BCUT2D eigenvalue weighted by molar-refractivity contribution is -0.660. The fourth-order valence-corrected chi connectivity index (χ4v) is 14.5. The van der Waals surface area contributed by atoms with E-state index in [4.69, 9.17) is 32.9 Å². The van der Waals surface area contributed by atoms with E-state index in [-0.39, 0.29) is 50.1 Å². The molecule has 16 rings (SSSR count). The highest BCUT2D eigenvalue weighted by Crippen LogP contribution is 2.39. The first-order valence-corrected chi connectivity index (χ1v) is 37.5. The zero-order valence-electron chi connectivity index (χ0n) is 89.0.